The second-order valence-electron chi connectivity index (χ2n) is 5.88. The average molecular weight is 448 g/mol. The number of ether oxygens (including phenoxy) is 3. The van der Waals surface area contributed by atoms with Crippen LogP contribution in [0.15, 0.2) is 47.6 Å². The molecule has 1 amide bonds. The van der Waals surface area contributed by atoms with E-state index < -0.39 is 18.5 Å². The maximum Gasteiger partial charge on any atom is 0.316 e. The summed E-state index contributed by atoms with van der Waals surface area (Å²) in [4.78, 5) is 32.8. The fraction of sp³-hybridized carbons (Fsp3) is 0.200. The van der Waals surface area contributed by atoms with Crippen molar-refractivity contribution in [2.24, 2.45) is 0 Å². The zero-order valence-electron chi connectivity index (χ0n) is 16.2. The molecule has 0 atom stereocenters. The second-order valence-corrected chi connectivity index (χ2v) is 7.28. The second kappa shape index (κ2) is 10.1. The van der Waals surface area contributed by atoms with Gasteiger partial charge < -0.3 is 19.5 Å². The highest BCUT2D eigenvalue weighted by molar-refractivity contribution is 7.99. The molecular formula is C20H18ClN3O5S. The molecule has 8 nitrogen and oxygen atoms in total. The van der Waals surface area contributed by atoms with Gasteiger partial charge in [-0.2, -0.15) is 0 Å². The van der Waals surface area contributed by atoms with Gasteiger partial charge in [-0.05, 0) is 12.1 Å². The van der Waals surface area contributed by atoms with Gasteiger partial charge in [0.2, 0.25) is 0 Å². The van der Waals surface area contributed by atoms with E-state index in [2.05, 4.69) is 15.3 Å². The van der Waals surface area contributed by atoms with Gasteiger partial charge in [-0.25, -0.2) is 4.98 Å². The van der Waals surface area contributed by atoms with Gasteiger partial charge in [0.05, 0.1) is 47.9 Å². The largest absolute Gasteiger partial charge is 0.495 e. The van der Waals surface area contributed by atoms with Crippen molar-refractivity contribution < 1.29 is 23.8 Å². The van der Waals surface area contributed by atoms with Crippen molar-refractivity contribution in [1.29, 1.82) is 0 Å². The number of anilines is 1. The van der Waals surface area contributed by atoms with Crippen LogP contribution in [0.2, 0.25) is 5.02 Å². The number of aromatic nitrogens is 2. The van der Waals surface area contributed by atoms with Crippen LogP contribution in [-0.4, -0.2) is 48.4 Å². The highest BCUT2D eigenvalue weighted by Crippen LogP contribution is 2.35. The molecular weight excluding hydrogens is 430 g/mol. The van der Waals surface area contributed by atoms with Crippen molar-refractivity contribution in [2.75, 3.05) is 31.9 Å². The number of methoxy groups -OCH3 is 2. The van der Waals surface area contributed by atoms with Gasteiger partial charge in [0.15, 0.2) is 6.61 Å². The number of fused-ring (bicyclic) bond motifs is 1. The number of hydrogen-bond donors (Lipinski definition) is 1. The van der Waals surface area contributed by atoms with Gasteiger partial charge in [-0.15, -0.1) is 0 Å². The number of rotatable bonds is 8. The van der Waals surface area contributed by atoms with E-state index in [0.717, 1.165) is 11.0 Å². The summed E-state index contributed by atoms with van der Waals surface area (Å²) in [6.45, 7) is -0.448. The van der Waals surface area contributed by atoms with E-state index in [-0.39, 0.29) is 5.75 Å². The number of halogens is 1. The minimum atomic E-state index is -0.550. The summed E-state index contributed by atoms with van der Waals surface area (Å²) in [5, 5.41) is 3.53. The van der Waals surface area contributed by atoms with Crippen molar-refractivity contribution in [3.63, 3.8) is 0 Å². The summed E-state index contributed by atoms with van der Waals surface area (Å²) in [6.07, 6.45) is 1.59. The highest BCUT2D eigenvalue weighted by atomic mass is 35.5. The molecule has 0 unspecified atom stereocenters. The van der Waals surface area contributed by atoms with E-state index in [0.29, 0.717) is 27.2 Å². The van der Waals surface area contributed by atoms with Crippen molar-refractivity contribution in [2.45, 2.75) is 5.03 Å². The Labute approximate surface area is 181 Å². The molecule has 3 aromatic rings. The molecule has 30 heavy (non-hydrogen) atoms. The van der Waals surface area contributed by atoms with Gasteiger partial charge in [0.1, 0.15) is 16.5 Å². The molecule has 0 radical (unpaired) electrons. The third-order valence-electron chi connectivity index (χ3n) is 3.88. The molecule has 1 heterocycles. The normalized spacial score (nSPS) is 10.5. The van der Waals surface area contributed by atoms with E-state index in [1.165, 1.54) is 38.1 Å². The predicted molar refractivity (Wildman–Crippen MR) is 114 cm³/mol. The summed E-state index contributed by atoms with van der Waals surface area (Å²) in [5.41, 5.74) is 1.86. The van der Waals surface area contributed by atoms with Crippen LogP contribution < -0.4 is 14.8 Å². The SMILES string of the molecule is COc1cc(NC(=O)COC(=O)CSc2cnc3ccccc3n2)c(OC)cc1Cl. The van der Waals surface area contributed by atoms with Crippen LogP contribution in [0.4, 0.5) is 5.69 Å². The summed E-state index contributed by atoms with van der Waals surface area (Å²) in [5.74, 6) is -0.353. The topological polar surface area (TPSA) is 99.6 Å². The first-order chi connectivity index (χ1) is 14.5. The number of nitrogens with zero attached hydrogens (tertiary/aromatic N) is 2. The molecule has 0 bridgehead atoms. The average Bonchev–Trinajstić information content (AvgIpc) is 2.76. The molecule has 0 saturated heterocycles. The van der Waals surface area contributed by atoms with Crippen LogP contribution in [0.5, 0.6) is 11.5 Å². The molecule has 0 saturated carbocycles. The zero-order valence-corrected chi connectivity index (χ0v) is 17.7. The lowest BCUT2D eigenvalue weighted by Crippen LogP contribution is -2.22. The van der Waals surface area contributed by atoms with Crippen LogP contribution in [0.1, 0.15) is 0 Å². The number of benzene rings is 2. The van der Waals surface area contributed by atoms with Gasteiger partial charge in [-0.3, -0.25) is 14.6 Å². The standard InChI is InChI=1S/C20H18ClN3O5S/c1-27-16-8-15(17(28-2)7-12(16)21)23-18(25)10-29-20(26)11-30-19-9-22-13-5-3-4-6-14(13)24-19/h3-9H,10-11H2,1-2H3,(H,23,25). The molecule has 10 heteroatoms. The smallest absolute Gasteiger partial charge is 0.316 e. The summed E-state index contributed by atoms with van der Waals surface area (Å²) >= 11 is 7.22. The Kier molecular flexibility index (Phi) is 7.31. The first kappa shape index (κ1) is 21.7. The number of nitrogens with one attached hydrogen (secondary N) is 1. The lowest BCUT2D eigenvalue weighted by molar-refractivity contribution is -0.144. The third-order valence-corrected chi connectivity index (χ3v) is 5.04. The Morgan fingerprint density at radius 1 is 1.10 bits per heavy atom. The zero-order chi connectivity index (χ0) is 21.5. The number of thioether (sulfide) groups is 1. The lowest BCUT2D eigenvalue weighted by Gasteiger charge is -2.13. The molecule has 0 fully saturated rings. The third kappa shape index (κ3) is 5.52. The van der Waals surface area contributed by atoms with Crippen molar-refractivity contribution in [3.05, 3.63) is 47.6 Å². The number of amides is 1. The molecule has 1 N–H and O–H groups in total. The molecule has 0 aliphatic carbocycles. The quantitative estimate of drug-likeness (QED) is 0.413. The number of para-hydroxylation sites is 2. The van der Waals surface area contributed by atoms with E-state index >= 15 is 0 Å². The summed E-state index contributed by atoms with van der Waals surface area (Å²) in [6, 6.07) is 10.5. The van der Waals surface area contributed by atoms with E-state index in [1.54, 1.807) is 6.20 Å². The maximum atomic E-state index is 12.1. The number of esters is 1. The molecule has 0 aliphatic rings. The first-order valence-electron chi connectivity index (χ1n) is 8.71. The molecule has 1 aromatic heterocycles. The Hall–Kier alpha value is -3.04. The Morgan fingerprint density at radius 3 is 2.57 bits per heavy atom. The van der Waals surface area contributed by atoms with Crippen molar-refractivity contribution in [1.82, 2.24) is 9.97 Å². The predicted octanol–water partition coefficient (Wildman–Crippen LogP) is 3.57. The lowest BCUT2D eigenvalue weighted by atomic mass is 10.2. The highest BCUT2D eigenvalue weighted by Gasteiger charge is 2.14. The van der Waals surface area contributed by atoms with Crippen LogP contribution in [0.3, 0.4) is 0 Å². The molecule has 156 valence electrons. The summed E-state index contributed by atoms with van der Waals surface area (Å²) in [7, 11) is 2.90. The van der Waals surface area contributed by atoms with E-state index in [1.807, 2.05) is 24.3 Å². The van der Waals surface area contributed by atoms with Crippen LogP contribution in [0.25, 0.3) is 11.0 Å². The monoisotopic (exact) mass is 447 g/mol. The number of carbonyl (C=O) groups is 2. The van der Waals surface area contributed by atoms with Crippen LogP contribution in [-0.2, 0) is 14.3 Å². The van der Waals surface area contributed by atoms with Gasteiger partial charge in [0, 0.05) is 12.1 Å². The van der Waals surface area contributed by atoms with E-state index in [9.17, 15) is 9.59 Å². The Bertz CT molecular complexity index is 1080. The fourth-order valence-electron chi connectivity index (χ4n) is 2.47. The van der Waals surface area contributed by atoms with Gasteiger partial charge in [-0.1, -0.05) is 35.5 Å². The Balaban J connectivity index is 1.51. The minimum Gasteiger partial charge on any atom is -0.495 e. The van der Waals surface area contributed by atoms with Crippen molar-refractivity contribution in [3.8, 4) is 11.5 Å². The van der Waals surface area contributed by atoms with Gasteiger partial charge >= 0.3 is 5.97 Å². The van der Waals surface area contributed by atoms with Gasteiger partial charge in [0.25, 0.3) is 5.91 Å². The Morgan fingerprint density at radius 2 is 1.83 bits per heavy atom. The number of carbonyl (C=O) groups excluding carboxylic acids is 2. The minimum absolute atomic E-state index is 0.00160. The molecule has 3 rings (SSSR count). The fourth-order valence-corrected chi connectivity index (χ4v) is 3.34. The molecule has 0 aliphatic heterocycles. The van der Waals surface area contributed by atoms with E-state index in [4.69, 9.17) is 25.8 Å². The number of hydrogen-bond acceptors (Lipinski definition) is 8. The first-order valence-corrected chi connectivity index (χ1v) is 10.1. The molecule has 2 aromatic carbocycles. The van der Waals surface area contributed by atoms with Crippen LogP contribution >= 0.6 is 23.4 Å². The molecule has 0 spiro atoms. The van der Waals surface area contributed by atoms with Crippen LogP contribution in [0, 0.1) is 0 Å². The maximum absolute atomic E-state index is 12.1. The van der Waals surface area contributed by atoms with Crippen molar-refractivity contribution >= 4 is 52.0 Å². The summed E-state index contributed by atoms with van der Waals surface area (Å²) < 4.78 is 15.3.